The molecule has 0 fully saturated rings. The maximum atomic E-state index is 12.0. The molecule has 1 amide bonds. The van der Waals surface area contributed by atoms with E-state index in [1.807, 2.05) is 6.07 Å². The minimum atomic E-state index is -0.955. The van der Waals surface area contributed by atoms with Crippen molar-refractivity contribution in [3.05, 3.63) is 51.2 Å². The van der Waals surface area contributed by atoms with E-state index in [9.17, 15) is 9.59 Å². The number of nitrogens with zero attached hydrogens (tertiary/aromatic N) is 1. The summed E-state index contributed by atoms with van der Waals surface area (Å²) in [5.74, 6) is -1.06. The third-order valence-corrected chi connectivity index (χ3v) is 3.92. The first-order valence-electron chi connectivity index (χ1n) is 6.27. The number of halogens is 1. The molecule has 5 nitrogen and oxygen atoms in total. The predicted octanol–water partition coefficient (Wildman–Crippen LogP) is 3.46. The number of ether oxygens (including phenoxy) is 1. The first-order valence-corrected chi connectivity index (χ1v) is 7.46. The second-order valence-electron chi connectivity index (χ2n) is 4.33. The van der Waals surface area contributed by atoms with E-state index in [0.717, 1.165) is 11.3 Å². The van der Waals surface area contributed by atoms with Gasteiger partial charge in [-0.3, -0.25) is 4.79 Å². The van der Waals surface area contributed by atoms with Gasteiger partial charge in [0.15, 0.2) is 6.10 Å². The third-order valence-electron chi connectivity index (χ3n) is 2.71. The van der Waals surface area contributed by atoms with Crippen LogP contribution in [0, 0.1) is 11.3 Å². The van der Waals surface area contributed by atoms with E-state index in [4.69, 9.17) is 21.6 Å². The number of thiophene rings is 1. The molecule has 0 unspecified atom stereocenters. The molecule has 1 heterocycles. The van der Waals surface area contributed by atoms with E-state index in [-0.39, 0.29) is 0 Å². The summed E-state index contributed by atoms with van der Waals surface area (Å²) in [5, 5.41) is 11.3. The normalized spacial score (nSPS) is 11.3. The molecule has 7 heteroatoms. The van der Waals surface area contributed by atoms with E-state index in [1.165, 1.54) is 6.92 Å². The Morgan fingerprint density at radius 2 is 1.95 bits per heavy atom. The van der Waals surface area contributed by atoms with E-state index in [1.54, 1.807) is 36.4 Å². The van der Waals surface area contributed by atoms with E-state index in [0.29, 0.717) is 20.5 Å². The number of carbonyl (C=O) groups excluding carboxylic acids is 2. The van der Waals surface area contributed by atoms with Crippen LogP contribution in [0.2, 0.25) is 4.34 Å². The number of nitriles is 1. The fraction of sp³-hybridized carbons (Fsp3) is 0.133. The summed E-state index contributed by atoms with van der Waals surface area (Å²) in [5.41, 5.74) is 1.01. The molecule has 22 heavy (non-hydrogen) atoms. The number of anilines is 1. The molecule has 0 saturated carbocycles. The standard InChI is InChI=1S/C15H11ClN2O3S/c1-9(21-15(20)12-6-7-13(16)22-12)14(19)18-11-4-2-10(8-17)3-5-11/h2-7,9H,1H3,(H,18,19)/t9-/m0/s1. The Hall–Kier alpha value is -2.36. The van der Waals surface area contributed by atoms with Crippen molar-refractivity contribution in [2.75, 3.05) is 5.32 Å². The second-order valence-corrected chi connectivity index (χ2v) is 6.04. The van der Waals surface area contributed by atoms with Crippen molar-refractivity contribution in [1.29, 1.82) is 5.26 Å². The molecule has 0 bridgehead atoms. The van der Waals surface area contributed by atoms with Crippen LogP contribution >= 0.6 is 22.9 Å². The largest absolute Gasteiger partial charge is 0.448 e. The van der Waals surface area contributed by atoms with Crippen molar-refractivity contribution in [1.82, 2.24) is 0 Å². The maximum Gasteiger partial charge on any atom is 0.349 e. The minimum absolute atomic E-state index is 0.336. The Bertz CT molecular complexity index is 734. The van der Waals surface area contributed by atoms with Gasteiger partial charge in [0.05, 0.1) is 16.0 Å². The summed E-state index contributed by atoms with van der Waals surface area (Å²) in [4.78, 5) is 24.1. The van der Waals surface area contributed by atoms with Crippen LogP contribution in [0.25, 0.3) is 0 Å². The van der Waals surface area contributed by atoms with Gasteiger partial charge in [-0.2, -0.15) is 5.26 Å². The van der Waals surface area contributed by atoms with Crippen molar-refractivity contribution >= 4 is 40.5 Å². The highest BCUT2D eigenvalue weighted by Gasteiger charge is 2.20. The average Bonchev–Trinajstić information content (AvgIpc) is 2.94. The fourth-order valence-corrected chi connectivity index (χ4v) is 2.49. The zero-order chi connectivity index (χ0) is 16.1. The molecule has 1 N–H and O–H groups in total. The van der Waals surface area contributed by atoms with Crippen LogP contribution in [0.3, 0.4) is 0 Å². The van der Waals surface area contributed by atoms with Crippen molar-refractivity contribution in [3.8, 4) is 6.07 Å². The number of esters is 1. The number of nitrogens with one attached hydrogen (secondary N) is 1. The topological polar surface area (TPSA) is 79.2 Å². The molecule has 0 spiro atoms. The Morgan fingerprint density at radius 1 is 1.27 bits per heavy atom. The maximum absolute atomic E-state index is 12.0. The van der Waals surface area contributed by atoms with Gasteiger partial charge < -0.3 is 10.1 Å². The van der Waals surface area contributed by atoms with Crippen molar-refractivity contribution < 1.29 is 14.3 Å². The minimum Gasteiger partial charge on any atom is -0.448 e. The number of carbonyl (C=O) groups is 2. The first-order chi connectivity index (χ1) is 10.5. The molecule has 0 radical (unpaired) electrons. The molecule has 1 aromatic heterocycles. The van der Waals surface area contributed by atoms with E-state index < -0.39 is 18.0 Å². The van der Waals surface area contributed by atoms with Gasteiger partial charge >= 0.3 is 5.97 Å². The van der Waals surface area contributed by atoms with Crippen molar-refractivity contribution in [2.24, 2.45) is 0 Å². The van der Waals surface area contributed by atoms with Crippen LogP contribution in [0.1, 0.15) is 22.2 Å². The molecule has 0 aliphatic heterocycles. The second kappa shape index (κ2) is 7.07. The van der Waals surface area contributed by atoms with Gasteiger partial charge in [-0.15, -0.1) is 11.3 Å². The number of amides is 1. The lowest BCUT2D eigenvalue weighted by atomic mass is 10.2. The van der Waals surface area contributed by atoms with Crippen LogP contribution in [0.4, 0.5) is 5.69 Å². The lowest BCUT2D eigenvalue weighted by Crippen LogP contribution is -2.29. The average molecular weight is 335 g/mol. The van der Waals surface area contributed by atoms with Gasteiger partial charge in [-0.05, 0) is 43.3 Å². The van der Waals surface area contributed by atoms with Crippen LogP contribution in [0.5, 0.6) is 0 Å². The van der Waals surface area contributed by atoms with Crippen LogP contribution in [-0.4, -0.2) is 18.0 Å². The van der Waals surface area contributed by atoms with Crippen LogP contribution in [0.15, 0.2) is 36.4 Å². The molecular weight excluding hydrogens is 324 g/mol. The highest BCUT2D eigenvalue weighted by Crippen LogP contribution is 2.22. The molecule has 1 atom stereocenters. The Labute approximate surface area is 136 Å². The van der Waals surface area contributed by atoms with Crippen molar-refractivity contribution in [2.45, 2.75) is 13.0 Å². The summed E-state index contributed by atoms with van der Waals surface area (Å²) in [6.45, 7) is 1.48. The summed E-state index contributed by atoms with van der Waals surface area (Å²) in [6, 6.07) is 11.5. The zero-order valence-corrected chi connectivity index (χ0v) is 13.1. The number of rotatable bonds is 4. The quantitative estimate of drug-likeness (QED) is 0.868. The van der Waals surface area contributed by atoms with Gasteiger partial charge in [-0.1, -0.05) is 11.6 Å². The molecule has 2 rings (SSSR count). The Morgan fingerprint density at radius 3 is 2.50 bits per heavy atom. The summed E-state index contributed by atoms with van der Waals surface area (Å²) < 4.78 is 5.55. The molecular formula is C15H11ClN2O3S. The molecule has 1 aromatic carbocycles. The number of hydrogen-bond donors (Lipinski definition) is 1. The summed E-state index contributed by atoms with van der Waals surface area (Å²) >= 11 is 6.83. The zero-order valence-electron chi connectivity index (χ0n) is 11.5. The smallest absolute Gasteiger partial charge is 0.349 e. The van der Waals surface area contributed by atoms with Crippen molar-refractivity contribution in [3.63, 3.8) is 0 Å². The lowest BCUT2D eigenvalue weighted by molar-refractivity contribution is -0.123. The number of hydrogen-bond acceptors (Lipinski definition) is 5. The molecule has 0 aliphatic carbocycles. The van der Waals surface area contributed by atoms with Gasteiger partial charge in [-0.25, -0.2) is 4.79 Å². The lowest BCUT2D eigenvalue weighted by Gasteiger charge is -2.13. The first kappa shape index (κ1) is 16.0. The van der Waals surface area contributed by atoms with Crippen LogP contribution in [-0.2, 0) is 9.53 Å². The summed E-state index contributed by atoms with van der Waals surface area (Å²) in [6.07, 6.45) is -0.955. The predicted molar refractivity (Wildman–Crippen MR) is 84.0 cm³/mol. The van der Waals surface area contributed by atoms with Gasteiger partial charge in [0.25, 0.3) is 5.91 Å². The highest BCUT2D eigenvalue weighted by molar-refractivity contribution is 7.17. The summed E-state index contributed by atoms with van der Waals surface area (Å²) in [7, 11) is 0. The van der Waals surface area contributed by atoms with E-state index >= 15 is 0 Å². The molecule has 112 valence electrons. The van der Waals surface area contributed by atoms with Gasteiger partial charge in [0, 0.05) is 5.69 Å². The van der Waals surface area contributed by atoms with Gasteiger partial charge in [0.2, 0.25) is 0 Å². The Balaban J connectivity index is 1.94. The van der Waals surface area contributed by atoms with Crippen LogP contribution < -0.4 is 5.32 Å². The molecule has 2 aromatic rings. The highest BCUT2D eigenvalue weighted by atomic mass is 35.5. The van der Waals surface area contributed by atoms with E-state index in [2.05, 4.69) is 5.32 Å². The van der Waals surface area contributed by atoms with Gasteiger partial charge in [0.1, 0.15) is 4.88 Å². The molecule has 0 saturated heterocycles. The third kappa shape index (κ3) is 4.07. The SMILES string of the molecule is C[C@H](OC(=O)c1ccc(Cl)s1)C(=O)Nc1ccc(C#N)cc1. The fourth-order valence-electron chi connectivity index (χ4n) is 1.57. The monoisotopic (exact) mass is 334 g/mol. The number of benzene rings is 1. The Kier molecular flexibility index (Phi) is 5.15. The molecule has 0 aliphatic rings.